The third kappa shape index (κ3) is 5.23. The average molecular weight is 432 g/mol. The van der Waals surface area contributed by atoms with E-state index in [1.54, 1.807) is 12.1 Å². The van der Waals surface area contributed by atoms with Crippen molar-refractivity contribution in [3.05, 3.63) is 29.8 Å². The lowest BCUT2D eigenvalue weighted by molar-refractivity contribution is -0.135. The Morgan fingerprint density at radius 1 is 1.10 bits per heavy atom. The second-order valence-corrected chi connectivity index (χ2v) is 10.1. The summed E-state index contributed by atoms with van der Waals surface area (Å²) in [6.45, 7) is 0.629. The van der Waals surface area contributed by atoms with Gasteiger partial charge in [0.05, 0.1) is 12.1 Å². The van der Waals surface area contributed by atoms with Crippen LogP contribution in [0.3, 0.4) is 0 Å². The molecule has 0 unspecified atom stereocenters. The number of fused-ring (bicyclic) bond motifs is 1. The predicted molar refractivity (Wildman–Crippen MR) is 119 cm³/mol. The highest BCUT2D eigenvalue weighted by atomic mass is 32.2. The zero-order chi connectivity index (χ0) is 20.9. The van der Waals surface area contributed by atoms with Gasteiger partial charge in [-0.25, -0.2) is 4.79 Å². The van der Waals surface area contributed by atoms with Gasteiger partial charge in [0.25, 0.3) is 0 Å². The summed E-state index contributed by atoms with van der Waals surface area (Å²) in [6.07, 6.45) is 9.40. The van der Waals surface area contributed by atoms with Gasteiger partial charge in [0, 0.05) is 30.0 Å². The molecular formula is C23H33N3O3S. The molecule has 3 amide bonds. The molecule has 4 rings (SSSR count). The standard InChI is InChI=1S/C23H33N3O3S/c27-18-12-10-16(11-13-18)14-26(17-6-2-1-3-7-17)21(28)9-5-4-8-20-22-19(15-30-20)24-23(29)25-22/h10-13,17,19-20,22,27H,1-9,14-15H2,(H2,24,25,29)/t19-,20-,22-/m0/s1. The first-order chi connectivity index (χ1) is 14.6. The Balaban J connectivity index is 1.28. The molecule has 2 saturated heterocycles. The van der Waals surface area contributed by atoms with Gasteiger partial charge >= 0.3 is 6.03 Å². The van der Waals surface area contributed by atoms with Crippen molar-refractivity contribution in [2.24, 2.45) is 0 Å². The lowest BCUT2D eigenvalue weighted by Crippen LogP contribution is -2.41. The maximum atomic E-state index is 13.1. The van der Waals surface area contributed by atoms with Crippen molar-refractivity contribution in [2.45, 2.75) is 87.7 Å². The highest BCUT2D eigenvalue weighted by Crippen LogP contribution is 2.33. The van der Waals surface area contributed by atoms with Crippen LogP contribution in [-0.4, -0.2) is 51.1 Å². The minimum absolute atomic E-state index is 0.0390. The first-order valence-corrected chi connectivity index (χ1v) is 12.4. The number of amides is 3. The van der Waals surface area contributed by atoms with Crippen molar-refractivity contribution in [3.8, 4) is 5.75 Å². The van der Waals surface area contributed by atoms with E-state index in [0.29, 0.717) is 24.3 Å². The van der Waals surface area contributed by atoms with Crippen molar-refractivity contribution in [2.75, 3.05) is 5.75 Å². The van der Waals surface area contributed by atoms with E-state index in [1.807, 2.05) is 23.9 Å². The largest absolute Gasteiger partial charge is 0.508 e. The summed E-state index contributed by atoms with van der Waals surface area (Å²) in [4.78, 5) is 26.7. The Hall–Kier alpha value is -1.89. The van der Waals surface area contributed by atoms with Gasteiger partial charge in [-0.05, 0) is 43.4 Å². The van der Waals surface area contributed by atoms with Crippen molar-refractivity contribution < 1.29 is 14.7 Å². The number of hydrogen-bond donors (Lipinski definition) is 3. The second kappa shape index (κ2) is 9.94. The molecule has 30 heavy (non-hydrogen) atoms. The number of hydrogen-bond acceptors (Lipinski definition) is 4. The molecule has 1 aromatic carbocycles. The summed E-state index contributed by atoms with van der Waals surface area (Å²) >= 11 is 1.93. The normalized spacial score (nSPS) is 26.1. The van der Waals surface area contributed by atoms with Crippen LogP contribution in [0.15, 0.2) is 24.3 Å². The van der Waals surface area contributed by atoms with Crippen LogP contribution in [0.1, 0.15) is 63.4 Å². The van der Waals surface area contributed by atoms with Gasteiger partial charge in [-0.2, -0.15) is 11.8 Å². The number of benzene rings is 1. The van der Waals surface area contributed by atoms with E-state index in [4.69, 9.17) is 0 Å². The molecule has 7 heteroatoms. The van der Waals surface area contributed by atoms with Crippen LogP contribution < -0.4 is 10.6 Å². The minimum Gasteiger partial charge on any atom is -0.508 e. The van der Waals surface area contributed by atoms with Crippen LogP contribution in [-0.2, 0) is 11.3 Å². The first kappa shape index (κ1) is 21.3. The highest BCUT2D eigenvalue weighted by molar-refractivity contribution is 8.00. The van der Waals surface area contributed by atoms with Crippen molar-refractivity contribution in [3.63, 3.8) is 0 Å². The summed E-state index contributed by atoms with van der Waals surface area (Å²) in [5.74, 6) is 1.49. The minimum atomic E-state index is -0.0390. The SMILES string of the molecule is O=C1N[C@H]2[C@H](CS[C@H]2CCCCC(=O)N(Cc2ccc(O)cc2)C2CCCCC2)N1. The van der Waals surface area contributed by atoms with Crippen LogP contribution in [0.25, 0.3) is 0 Å². The molecule has 0 spiro atoms. The molecule has 0 bridgehead atoms. The molecule has 1 aromatic rings. The summed E-state index contributed by atoms with van der Waals surface area (Å²) < 4.78 is 0. The third-order valence-corrected chi connectivity index (χ3v) is 8.20. The van der Waals surface area contributed by atoms with Gasteiger partial charge in [0.1, 0.15) is 5.75 Å². The van der Waals surface area contributed by atoms with E-state index in [-0.39, 0.29) is 29.8 Å². The number of unbranched alkanes of at least 4 members (excludes halogenated alkanes) is 1. The fourth-order valence-electron chi connectivity index (χ4n) is 5.02. The third-order valence-electron chi connectivity index (χ3n) is 6.69. The number of nitrogens with zero attached hydrogens (tertiary/aromatic N) is 1. The molecule has 3 atom stereocenters. The van der Waals surface area contributed by atoms with Gasteiger partial charge in [0.2, 0.25) is 5.91 Å². The van der Waals surface area contributed by atoms with E-state index in [2.05, 4.69) is 15.5 Å². The number of urea groups is 1. The monoisotopic (exact) mass is 431 g/mol. The number of phenols is 1. The predicted octanol–water partition coefficient (Wildman–Crippen LogP) is 3.78. The van der Waals surface area contributed by atoms with Crippen molar-refractivity contribution >= 4 is 23.7 Å². The number of rotatable bonds is 8. The zero-order valence-electron chi connectivity index (χ0n) is 17.5. The van der Waals surface area contributed by atoms with E-state index in [9.17, 15) is 14.7 Å². The Morgan fingerprint density at radius 3 is 2.63 bits per heavy atom. The molecule has 3 fully saturated rings. The van der Waals surface area contributed by atoms with Crippen molar-refractivity contribution in [1.82, 2.24) is 15.5 Å². The van der Waals surface area contributed by atoms with Crippen LogP contribution >= 0.6 is 11.8 Å². The molecule has 164 valence electrons. The Bertz CT molecular complexity index is 736. The number of phenolic OH excluding ortho intramolecular Hbond substituents is 1. The van der Waals surface area contributed by atoms with E-state index in [1.165, 1.54) is 19.3 Å². The van der Waals surface area contributed by atoms with Crippen molar-refractivity contribution in [1.29, 1.82) is 0 Å². The average Bonchev–Trinajstić information content (AvgIpc) is 3.30. The molecule has 3 N–H and O–H groups in total. The molecule has 0 aromatic heterocycles. The van der Waals surface area contributed by atoms with Crippen LogP contribution in [0, 0.1) is 0 Å². The molecule has 1 saturated carbocycles. The lowest BCUT2D eigenvalue weighted by atomic mass is 9.93. The first-order valence-electron chi connectivity index (χ1n) is 11.4. The van der Waals surface area contributed by atoms with Gasteiger partial charge in [-0.15, -0.1) is 0 Å². The summed E-state index contributed by atoms with van der Waals surface area (Å²) in [5, 5.41) is 16.0. The maximum Gasteiger partial charge on any atom is 0.315 e. The number of aromatic hydroxyl groups is 1. The molecule has 2 aliphatic heterocycles. The second-order valence-electron chi connectivity index (χ2n) is 8.85. The van der Waals surface area contributed by atoms with Gasteiger partial charge < -0.3 is 20.6 Å². The fourth-order valence-corrected chi connectivity index (χ4v) is 6.56. The molecule has 1 aliphatic carbocycles. The molecule has 3 aliphatic rings. The smallest absolute Gasteiger partial charge is 0.315 e. The zero-order valence-corrected chi connectivity index (χ0v) is 18.3. The quantitative estimate of drug-likeness (QED) is 0.432. The van der Waals surface area contributed by atoms with Gasteiger partial charge in [0.15, 0.2) is 0 Å². The summed E-state index contributed by atoms with van der Waals surface area (Å²) in [5.41, 5.74) is 1.07. The van der Waals surface area contributed by atoms with E-state index < -0.39 is 0 Å². The summed E-state index contributed by atoms with van der Waals surface area (Å²) in [6, 6.07) is 8.03. The molecule has 2 heterocycles. The number of carbonyl (C=O) groups excluding carboxylic acids is 2. The van der Waals surface area contributed by atoms with Gasteiger partial charge in [-0.1, -0.05) is 37.8 Å². The van der Waals surface area contributed by atoms with E-state index >= 15 is 0 Å². The van der Waals surface area contributed by atoms with E-state index in [0.717, 1.165) is 43.4 Å². The van der Waals surface area contributed by atoms with Crippen LogP contribution in [0.5, 0.6) is 5.75 Å². The lowest BCUT2D eigenvalue weighted by Gasteiger charge is -2.34. The Kier molecular flexibility index (Phi) is 7.08. The number of carbonyl (C=O) groups is 2. The number of nitrogens with one attached hydrogen (secondary N) is 2. The summed E-state index contributed by atoms with van der Waals surface area (Å²) in [7, 11) is 0. The maximum absolute atomic E-state index is 13.1. The fraction of sp³-hybridized carbons (Fsp3) is 0.652. The Labute approximate surface area is 183 Å². The molecule has 0 radical (unpaired) electrons. The van der Waals surface area contributed by atoms with Gasteiger partial charge in [-0.3, -0.25) is 4.79 Å². The van der Waals surface area contributed by atoms with Crippen LogP contribution in [0.2, 0.25) is 0 Å². The van der Waals surface area contributed by atoms with Crippen LogP contribution in [0.4, 0.5) is 4.79 Å². The molecular weight excluding hydrogens is 398 g/mol. The molecule has 6 nitrogen and oxygen atoms in total. The number of thioether (sulfide) groups is 1. The highest BCUT2D eigenvalue weighted by Gasteiger charge is 2.42. The Morgan fingerprint density at radius 2 is 1.87 bits per heavy atom. The topological polar surface area (TPSA) is 81.7 Å².